The minimum Gasteiger partial charge on any atom is -0.402 e. The van der Waals surface area contributed by atoms with Crippen LogP contribution in [0, 0.1) is 5.92 Å². The van der Waals surface area contributed by atoms with E-state index in [4.69, 9.17) is 5.73 Å². The highest BCUT2D eigenvalue weighted by atomic mass is 19.4. The normalized spacial score (nSPS) is 24.8. The summed E-state index contributed by atoms with van der Waals surface area (Å²) in [5, 5.41) is 0. The molecule has 0 bridgehead atoms. The molecule has 0 fully saturated rings. The standard InChI is InChI=1S/C7H7F4N/c8-4-1-2-6(12)5(3-4)7(9,10)11/h1-2,5H,3,12H2. The molecule has 1 unspecified atom stereocenters. The average molecular weight is 181 g/mol. The summed E-state index contributed by atoms with van der Waals surface area (Å²) in [4.78, 5) is 0. The van der Waals surface area contributed by atoms with Crippen LogP contribution in [-0.4, -0.2) is 6.18 Å². The highest BCUT2D eigenvalue weighted by Crippen LogP contribution is 2.36. The van der Waals surface area contributed by atoms with Crippen LogP contribution in [0.15, 0.2) is 23.7 Å². The Morgan fingerprint density at radius 1 is 1.33 bits per heavy atom. The quantitative estimate of drug-likeness (QED) is 0.570. The molecule has 2 N–H and O–H groups in total. The molecule has 0 saturated carbocycles. The largest absolute Gasteiger partial charge is 0.402 e. The van der Waals surface area contributed by atoms with E-state index < -0.39 is 24.3 Å². The molecule has 12 heavy (non-hydrogen) atoms. The van der Waals surface area contributed by atoms with E-state index in [2.05, 4.69) is 0 Å². The molecule has 0 aromatic rings. The minimum atomic E-state index is -4.45. The van der Waals surface area contributed by atoms with Gasteiger partial charge in [0.1, 0.15) is 11.7 Å². The summed E-state index contributed by atoms with van der Waals surface area (Å²) in [6.07, 6.45) is -3.22. The smallest absolute Gasteiger partial charge is 0.397 e. The first-order valence-electron chi connectivity index (χ1n) is 3.29. The summed E-state index contributed by atoms with van der Waals surface area (Å²) < 4.78 is 48.5. The Labute approximate surface area is 66.5 Å². The zero-order valence-corrected chi connectivity index (χ0v) is 6.03. The predicted octanol–water partition coefficient (Wildman–Crippen LogP) is 2.26. The van der Waals surface area contributed by atoms with Gasteiger partial charge in [0, 0.05) is 12.1 Å². The maximum atomic E-state index is 12.4. The molecule has 0 aromatic heterocycles. The van der Waals surface area contributed by atoms with Crippen LogP contribution in [0.25, 0.3) is 0 Å². The van der Waals surface area contributed by atoms with Crippen molar-refractivity contribution in [1.29, 1.82) is 0 Å². The Morgan fingerprint density at radius 3 is 2.33 bits per heavy atom. The Bertz CT molecular complexity index is 238. The van der Waals surface area contributed by atoms with Crippen molar-refractivity contribution in [3.05, 3.63) is 23.7 Å². The van der Waals surface area contributed by atoms with Crippen molar-refractivity contribution in [2.75, 3.05) is 0 Å². The summed E-state index contributed by atoms with van der Waals surface area (Å²) in [5.41, 5.74) is 4.73. The number of halogens is 4. The molecule has 5 heteroatoms. The molecule has 0 saturated heterocycles. The Hall–Kier alpha value is -1.00. The van der Waals surface area contributed by atoms with Crippen LogP contribution < -0.4 is 5.73 Å². The van der Waals surface area contributed by atoms with Crippen molar-refractivity contribution in [1.82, 2.24) is 0 Å². The van der Waals surface area contributed by atoms with E-state index in [1.165, 1.54) is 0 Å². The zero-order valence-electron chi connectivity index (χ0n) is 6.03. The summed E-state index contributed by atoms with van der Waals surface area (Å²) in [6, 6.07) is 0. The SMILES string of the molecule is NC1=CC=C(F)CC1C(F)(F)F. The summed E-state index contributed by atoms with van der Waals surface area (Å²) in [7, 11) is 0. The van der Waals surface area contributed by atoms with Gasteiger partial charge in [-0.3, -0.25) is 0 Å². The lowest BCUT2D eigenvalue weighted by Gasteiger charge is -2.21. The summed E-state index contributed by atoms with van der Waals surface area (Å²) in [6.45, 7) is 0. The van der Waals surface area contributed by atoms with E-state index >= 15 is 0 Å². The topological polar surface area (TPSA) is 26.0 Å². The van der Waals surface area contributed by atoms with Gasteiger partial charge in [-0.15, -0.1) is 0 Å². The van der Waals surface area contributed by atoms with Crippen LogP contribution in [0.1, 0.15) is 6.42 Å². The van der Waals surface area contributed by atoms with Gasteiger partial charge in [-0.1, -0.05) is 0 Å². The maximum Gasteiger partial charge on any atom is 0.397 e. The first-order chi connectivity index (χ1) is 5.41. The Morgan fingerprint density at radius 2 is 1.92 bits per heavy atom. The van der Waals surface area contributed by atoms with E-state index in [1.54, 1.807) is 0 Å². The molecular formula is C7H7F4N. The summed E-state index contributed by atoms with van der Waals surface area (Å²) in [5.74, 6) is -2.64. The van der Waals surface area contributed by atoms with Crippen LogP contribution in [0.3, 0.4) is 0 Å². The molecule has 1 nitrogen and oxygen atoms in total. The number of hydrogen-bond donors (Lipinski definition) is 1. The Balaban J connectivity index is 2.84. The fourth-order valence-electron chi connectivity index (χ4n) is 0.988. The van der Waals surface area contributed by atoms with E-state index in [1.807, 2.05) is 0 Å². The van der Waals surface area contributed by atoms with Gasteiger partial charge in [0.2, 0.25) is 0 Å². The highest BCUT2D eigenvalue weighted by molar-refractivity contribution is 5.22. The molecule has 1 rings (SSSR count). The molecule has 0 spiro atoms. The molecule has 0 radical (unpaired) electrons. The van der Waals surface area contributed by atoms with Crippen molar-refractivity contribution < 1.29 is 17.6 Å². The third kappa shape index (κ3) is 1.78. The number of rotatable bonds is 0. The number of allylic oxidation sites excluding steroid dienone is 4. The van der Waals surface area contributed by atoms with Crippen LogP contribution >= 0.6 is 0 Å². The van der Waals surface area contributed by atoms with Crippen molar-refractivity contribution >= 4 is 0 Å². The van der Waals surface area contributed by atoms with Gasteiger partial charge in [-0.05, 0) is 12.2 Å². The fourth-order valence-corrected chi connectivity index (χ4v) is 0.988. The van der Waals surface area contributed by atoms with Gasteiger partial charge in [-0.2, -0.15) is 13.2 Å². The van der Waals surface area contributed by atoms with Crippen molar-refractivity contribution in [3.63, 3.8) is 0 Å². The molecule has 0 aliphatic heterocycles. The van der Waals surface area contributed by atoms with Crippen LogP contribution in [0.4, 0.5) is 17.6 Å². The molecule has 68 valence electrons. The van der Waals surface area contributed by atoms with Gasteiger partial charge in [-0.25, -0.2) is 4.39 Å². The molecule has 0 aromatic carbocycles. The predicted molar refractivity (Wildman–Crippen MR) is 35.6 cm³/mol. The lowest BCUT2D eigenvalue weighted by Crippen LogP contribution is -2.29. The average Bonchev–Trinajstić information content (AvgIpc) is 1.92. The van der Waals surface area contributed by atoms with Gasteiger partial charge < -0.3 is 5.73 Å². The highest BCUT2D eigenvalue weighted by Gasteiger charge is 2.42. The monoisotopic (exact) mass is 181 g/mol. The van der Waals surface area contributed by atoms with E-state index in [0.29, 0.717) is 0 Å². The molecule has 1 atom stereocenters. The second-order valence-corrected chi connectivity index (χ2v) is 2.58. The maximum absolute atomic E-state index is 12.4. The molecule has 1 aliphatic carbocycles. The zero-order chi connectivity index (χ0) is 9.35. The second kappa shape index (κ2) is 2.80. The van der Waals surface area contributed by atoms with Crippen molar-refractivity contribution in [2.45, 2.75) is 12.6 Å². The minimum absolute atomic E-state index is 0.330. The van der Waals surface area contributed by atoms with E-state index in [-0.39, 0.29) is 5.70 Å². The van der Waals surface area contributed by atoms with E-state index in [0.717, 1.165) is 12.2 Å². The summed E-state index contributed by atoms with van der Waals surface area (Å²) >= 11 is 0. The van der Waals surface area contributed by atoms with Gasteiger partial charge in [0.05, 0.1) is 0 Å². The number of alkyl halides is 3. The molecule has 1 aliphatic rings. The number of hydrogen-bond acceptors (Lipinski definition) is 1. The molecular weight excluding hydrogens is 174 g/mol. The first kappa shape index (κ1) is 9.09. The molecule has 0 amide bonds. The third-order valence-corrected chi connectivity index (χ3v) is 1.65. The third-order valence-electron chi connectivity index (χ3n) is 1.65. The first-order valence-corrected chi connectivity index (χ1v) is 3.29. The Kier molecular flexibility index (Phi) is 2.12. The van der Waals surface area contributed by atoms with Crippen LogP contribution in [-0.2, 0) is 0 Å². The lowest BCUT2D eigenvalue weighted by molar-refractivity contribution is -0.165. The van der Waals surface area contributed by atoms with Gasteiger partial charge in [0.25, 0.3) is 0 Å². The number of nitrogens with two attached hydrogens (primary N) is 1. The second-order valence-electron chi connectivity index (χ2n) is 2.58. The van der Waals surface area contributed by atoms with E-state index in [9.17, 15) is 17.6 Å². The van der Waals surface area contributed by atoms with Crippen molar-refractivity contribution in [3.8, 4) is 0 Å². The van der Waals surface area contributed by atoms with Crippen LogP contribution in [0.2, 0.25) is 0 Å². The molecule has 0 heterocycles. The fraction of sp³-hybridized carbons (Fsp3) is 0.429. The van der Waals surface area contributed by atoms with Gasteiger partial charge in [0.15, 0.2) is 0 Å². The van der Waals surface area contributed by atoms with Gasteiger partial charge >= 0.3 is 6.18 Å². The van der Waals surface area contributed by atoms with Crippen LogP contribution in [0.5, 0.6) is 0 Å². The van der Waals surface area contributed by atoms with Crippen molar-refractivity contribution in [2.24, 2.45) is 11.7 Å². The lowest BCUT2D eigenvalue weighted by atomic mass is 9.96.